The van der Waals surface area contributed by atoms with Crippen molar-refractivity contribution in [2.24, 2.45) is 14.1 Å². The first kappa shape index (κ1) is 13.9. The predicted octanol–water partition coefficient (Wildman–Crippen LogP) is -0.0587. The Kier molecular flexibility index (Phi) is 3.12. The van der Waals surface area contributed by atoms with Crippen molar-refractivity contribution in [2.75, 3.05) is 19.0 Å². The number of imidazole rings is 1. The Bertz CT molecular complexity index is 791. The summed E-state index contributed by atoms with van der Waals surface area (Å²) in [4.78, 5) is 31.2. The van der Waals surface area contributed by atoms with Gasteiger partial charge in [0.25, 0.3) is 5.56 Å². The van der Waals surface area contributed by atoms with Gasteiger partial charge in [0.15, 0.2) is 11.2 Å². The molecule has 2 N–H and O–H groups in total. The molecule has 0 saturated heterocycles. The molecule has 21 heavy (non-hydrogen) atoms. The second-order valence-electron chi connectivity index (χ2n) is 5.58. The number of aromatic amines is 1. The van der Waals surface area contributed by atoms with Gasteiger partial charge in [0.1, 0.15) is 0 Å². The third kappa shape index (κ3) is 2.06. The quantitative estimate of drug-likeness (QED) is 0.823. The molecule has 1 aliphatic carbocycles. The monoisotopic (exact) mass is 293 g/mol. The number of anilines is 1. The zero-order chi connectivity index (χ0) is 15.2. The molecule has 3 rings (SSSR count). The van der Waals surface area contributed by atoms with Gasteiger partial charge in [-0.1, -0.05) is 0 Å². The summed E-state index contributed by atoms with van der Waals surface area (Å²) in [5, 5.41) is 3.17. The van der Waals surface area contributed by atoms with E-state index in [2.05, 4.69) is 15.3 Å². The number of fused-ring (bicyclic) bond motifs is 1. The van der Waals surface area contributed by atoms with Crippen LogP contribution in [0.4, 0.5) is 5.95 Å². The van der Waals surface area contributed by atoms with Crippen LogP contribution in [-0.2, 0) is 18.8 Å². The summed E-state index contributed by atoms with van der Waals surface area (Å²) in [7, 11) is 4.75. The molecular weight excluding hydrogens is 274 g/mol. The van der Waals surface area contributed by atoms with Gasteiger partial charge in [0.05, 0.1) is 5.60 Å². The fraction of sp³-hybridized carbons (Fsp3) is 0.615. The molecule has 0 amide bonds. The minimum atomic E-state index is -0.391. The molecule has 0 aliphatic heterocycles. The summed E-state index contributed by atoms with van der Waals surface area (Å²) in [5.74, 6) is 0.478. The summed E-state index contributed by atoms with van der Waals surface area (Å²) >= 11 is 0. The van der Waals surface area contributed by atoms with Crippen LogP contribution in [0.15, 0.2) is 9.59 Å². The molecule has 2 heterocycles. The molecule has 114 valence electrons. The number of ether oxygens (including phenoxy) is 1. The van der Waals surface area contributed by atoms with Crippen LogP contribution in [0.25, 0.3) is 11.2 Å². The highest BCUT2D eigenvalue weighted by Crippen LogP contribution is 2.34. The molecule has 0 bridgehead atoms. The van der Waals surface area contributed by atoms with Gasteiger partial charge >= 0.3 is 5.69 Å². The molecule has 8 heteroatoms. The summed E-state index contributed by atoms with van der Waals surface area (Å²) in [5.41, 5.74) is -0.236. The molecule has 1 saturated carbocycles. The van der Waals surface area contributed by atoms with Gasteiger partial charge in [-0.05, 0) is 19.3 Å². The molecule has 0 unspecified atom stereocenters. The van der Waals surface area contributed by atoms with Crippen molar-refractivity contribution in [1.82, 2.24) is 19.1 Å². The van der Waals surface area contributed by atoms with Gasteiger partial charge in [-0.2, -0.15) is 4.98 Å². The first-order valence-electron chi connectivity index (χ1n) is 6.92. The van der Waals surface area contributed by atoms with Crippen molar-refractivity contribution in [3.63, 3.8) is 0 Å². The Labute approximate surface area is 120 Å². The van der Waals surface area contributed by atoms with E-state index in [0.717, 1.165) is 23.8 Å². The van der Waals surface area contributed by atoms with E-state index >= 15 is 0 Å². The lowest BCUT2D eigenvalue weighted by molar-refractivity contribution is -0.0602. The number of nitrogens with zero attached hydrogens (tertiary/aromatic N) is 3. The van der Waals surface area contributed by atoms with E-state index in [1.165, 1.54) is 11.6 Å². The third-order valence-electron chi connectivity index (χ3n) is 4.37. The summed E-state index contributed by atoms with van der Waals surface area (Å²) in [6, 6.07) is 0. The van der Waals surface area contributed by atoms with Crippen LogP contribution in [0.3, 0.4) is 0 Å². The average molecular weight is 293 g/mol. The molecule has 8 nitrogen and oxygen atoms in total. The fourth-order valence-corrected chi connectivity index (χ4v) is 2.68. The lowest BCUT2D eigenvalue weighted by atomic mass is 9.80. The molecule has 2 aromatic rings. The predicted molar refractivity (Wildman–Crippen MR) is 78.7 cm³/mol. The summed E-state index contributed by atoms with van der Waals surface area (Å²) in [6.07, 6.45) is 3.18. The van der Waals surface area contributed by atoms with E-state index in [9.17, 15) is 9.59 Å². The molecule has 0 spiro atoms. The van der Waals surface area contributed by atoms with Crippen LogP contribution in [0.1, 0.15) is 19.3 Å². The van der Waals surface area contributed by atoms with Gasteiger partial charge in [-0.25, -0.2) is 4.79 Å². The van der Waals surface area contributed by atoms with Crippen LogP contribution in [0.5, 0.6) is 0 Å². The summed E-state index contributed by atoms with van der Waals surface area (Å²) < 4.78 is 7.95. The number of aryl methyl sites for hydroxylation is 1. The van der Waals surface area contributed by atoms with E-state index in [4.69, 9.17) is 4.74 Å². The average Bonchev–Trinajstić information content (AvgIpc) is 2.87. The van der Waals surface area contributed by atoms with Crippen LogP contribution >= 0.6 is 0 Å². The number of methoxy groups -OCH3 is 1. The van der Waals surface area contributed by atoms with E-state index < -0.39 is 5.69 Å². The highest BCUT2D eigenvalue weighted by Gasteiger charge is 2.36. The highest BCUT2D eigenvalue weighted by atomic mass is 16.5. The Morgan fingerprint density at radius 1 is 1.33 bits per heavy atom. The van der Waals surface area contributed by atoms with Gasteiger partial charge in [-0.15, -0.1) is 0 Å². The maximum absolute atomic E-state index is 12.1. The third-order valence-corrected chi connectivity index (χ3v) is 4.37. The van der Waals surface area contributed by atoms with Crippen LogP contribution < -0.4 is 16.6 Å². The standard InChI is InChI=1S/C13H19N5O3/c1-17-9-8(10(19)18(2)12(17)20)15-11(16-9)14-7-13(21-3)5-4-6-13/h4-7H2,1-3H3,(H2,14,15,16). The van der Waals surface area contributed by atoms with Crippen LogP contribution in [0.2, 0.25) is 0 Å². The molecule has 1 fully saturated rings. The topological polar surface area (TPSA) is 93.9 Å². The van der Waals surface area contributed by atoms with Crippen molar-refractivity contribution in [1.29, 1.82) is 0 Å². The van der Waals surface area contributed by atoms with Crippen molar-refractivity contribution < 1.29 is 4.74 Å². The lowest BCUT2D eigenvalue weighted by Gasteiger charge is -2.40. The van der Waals surface area contributed by atoms with Crippen LogP contribution in [-0.4, -0.2) is 38.4 Å². The van der Waals surface area contributed by atoms with E-state index in [0.29, 0.717) is 23.7 Å². The van der Waals surface area contributed by atoms with Gasteiger partial charge in [0, 0.05) is 27.7 Å². The minimum Gasteiger partial charge on any atom is -0.376 e. The van der Waals surface area contributed by atoms with Crippen LogP contribution in [0, 0.1) is 0 Å². The zero-order valence-corrected chi connectivity index (χ0v) is 12.4. The number of aromatic nitrogens is 4. The first-order valence-corrected chi connectivity index (χ1v) is 6.92. The molecule has 2 aromatic heterocycles. The minimum absolute atomic E-state index is 0.143. The summed E-state index contributed by atoms with van der Waals surface area (Å²) in [6.45, 7) is 0.623. The maximum atomic E-state index is 12.1. The molecule has 0 radical (unpaired) electrons. The van der Waals surface area contributed by atoms with Crippen molar-refractivity contribution in [2.45, 2.75) is 24.9 Å². The molecule has 0 aromatic carbocycles. The smallest absolute Gasteiger partial charge is 0.332 e. The Hall–Kier alpha value is -2.09. The van der Waals surface area contributed by atoms with E-state index in [1.807, 2.05) is 0 Å². The van der Waals surface area contributed by atoms with Crippen molar-refractivity contribution in [3.8, 4) is 0 Å². The van der Waals surface area contributed by atoms with Gasteiger partial charge in [-0.3, -0.25) is 13.9 Å². The Balaban J connectivity index is 1.95. The number of rotatable bonds is 4. The number of hydrogen-bond acceptors (Lipinski definition) is 5. The van der Waals surface area contributed by atoms with Gasteiger partial charge in [0.2, 0.25) is 5.95 Å². The van der Waals surface area contributed by atoms with Crippen molar-refractivity contribution >= 4 is 17.1 Å². The molecular formula is C13H19N5O3. The normalized spacial score (nSPS) is 16.9. The maximum Gasteiger partial charge on any atom is 0.332 e. The SMILES string of the molecule is COC1(CNc2nc3c([nH]2)c(=O)n(C)c(=O)n3C)CCC1. The number of nitrogens with one attached hydrogen (secondary N) is 2. The zero-order valence-electron chi connectivity index (χ0n) is 12.4. The Morgan fingerprint density at radius 3 is 2.62 bits per heavy atom. The Morgan fingerprint density at radius 2 is 2.05 bits per heavy atom. The largest absolute Gasteiger partial charge is 0.376 e. The molecule has 1 aliphatic rings. The lowest BCUT2D eigenvalue weighted by Crippen LogP contribution is -2.45. The molecule has 0 atom stereocenters. The fourth-order valence-electron chi connectivity index (χ4n) is 2.68. The number of hydrogen-bond donors (Lipinski definition) is 2. The first-order chi connectivity index (χ1) is 9.97. The van der Waals surface area contributed by atoms with E-state index in [1.54, 1.807) is 14.2 Å². The number of H-pyrrole nitrogens is 1. The second kappa shape index (κ2) is 4.73. The second-order valence-corrected chi connectivity index (χ2v) is 5.58. The van der Waals surface area contributed by atoms with E-state index in [-0.39, 0.29) is 11.2 Å². The van der Waals surface area contributed by atoms with Crippen molar-refractivity contribution in [3.05, 3.63) is 20.8 Å². The highest BCUT2D eigenvalue weighted by molar-refractivity contribution is 5.72. The van der Waals surface area contributed by atoms with Gasteiger partial charge < -0.3 is 15.0 Å².